The van der Waals surface area contributed by atoms with Gasteiger partial charge in [-0.1, -0.05) is 18.5 Å². The Kier molecular flexibility index (Phi) is 6.16. The second-order valence-electron chi connectivity index (χ2n) is 4.08. The maximum Gasteiger partial charge on any atom is 0.0656 e. The Morgan fingerprint density at radius 2 is 2.12 bits per heavy atom. The monoisotopic (exact) mass is 256 g/mol. The first-order chi connectivity index (χ1) is 8.15. The van der Waals surface area contributed by atoms with Gasteiger partial charge in [-0.2, -0.15) is 0 Å². The molecule has 17 heavy (non-hydrogen) atoms. The van der Waals surface area contributed by atoms with Crippen molar-refractivity contribution in [2.45, 2.75) is 26.7 Å². The van der Waals surface area contributed by atoms with Crippen LogP contribution in [-0.4, -0.2) is 19.8 Å². The van der Waals surface area contributed by atoms with Crippen LogP contribution in [0.5, 0.6) is 0 Å². The van der Waals surface area contributed by atoms with E-state index in [1.54, 1.807) is 0 Å². The summed E-state index contributed by atoms with van der Waals surface area (Å²) in [6.07, 6.45) is 2.06. The molecule has 3 N–H and O–H groups in total. The molecule has 0 saturated heterocycles. The summed E-state index contributed by atoms with van der Waals surface area (Å²) in [5.74, 6) is 0. The second kappa shape index (κ2) is 7.41. The predicted molar refractivity (Wildman–Crippen MR) is 74.8 cm³/mol. The molecule has 0 unspecified atom stereocenters. The van der Waals surface area contributed by atoms with Crippen molar-refractivity contribution in [3.8, 4) is 0 Å². The van der Waals surface area contributed by atoms with Gasteiger partial charge in [-0.3, -0.25) is 0 Å². The van der Waals surface area contributed by atoms with Crippen molar-refractivity contribution < 1.29 is 4.74 Å². The summed E-state index contributed by atoms with van der Waals surface area (Å²) in [7, 11) is 0. The first-order valence-electron chi connectivity index (χ1n) is 6.02. The van der Waals surface area contributed by atoms with Crippen LogP contribution in [-0.2, 0) is 4.74 Å². The van der Waals surface area contributed by atoms with Gasteiger partial charge in [0.15, 0.2) is 0 Å². The molecule has 1 aromatic carbocycles. The summed E-state index contributed by atoms with van der Waals surface area (Å²) >= 11 is 5.98. The highest BCUT2D eigenvalue weighted by Gasteiger charge is 2.02. The third-order valence-electron chi connectivity index (χ3n) is 2.47. The first kappa shape index (κ1) is 14.1. The third-order valence-corrected chi connectivity index (χ3v) is 2.80. The third kappa shape index (κ3) is 4.84. The van der Waals surface area contributed by atoms with Crippen LogP contribution in [0.15, 0.2) is 12.1 Å². The number of benzene rings is 1. The van der Waals surface area contributed by atoms with Gasteiger partial charge < -0.3 is 15.8 Å². The van der Waals surface area contributed by atoms with Crippen molar-refractivity contribution in [1.29, 1.82) is 0 Å². The number of hydrogen-bond donors (Lipinski definition) is 2. The molecule has 0 aliphatic heterocycles. The van der Waals surface area contributed by atoms with Crippen LogP contribution in [0.3, 0.4) is 0 Å². The average Bonchev–Trinajstić information content (AvgIpc) is 2.30. The van der Waals surface area contributed by atoms with Crippen molar-refractivity contribution in [2.75, 3.05) is 30.8 Å². The molecule has 0 aliphatic rings. The smallest absolute Gasteiger partial charge is 0.0656 e. The van der Waals surface area contributed by atoms with Gasteiger partial charge in [-0.15, -0.1) is 0 Å². The molecule has 0 aromatic heterocycles. The Morgan fingerprint density at radius 1 is 1.35 bits per heavy atom. The molecule has 0 radical (unpaired) electrons. The lowest BCUT2D eigenvalue weighted by Crippen LogP contribution is -2.07. The van der Waals surface area contributed by atoms with Crippen molar-refractivity contribution in [2.24, 2.45) is 0 Å². The molecule has 0 spiro atoms. The topological polar surface area (TPSA) is 47.3 Å². The van der Waals surface area contributed by atoms with Crippen LogP contribution < -0.4 is 11.1 Å². The molecule has 4 heteroatoms. The molecule has 0 heterocycles. The number of halogens is 1. The number of aryl methyl sites for hydroxylation is 1. The van der Waals surface area contributed by atoms with Gasteiger partial charge >= 0.3 is 0 Å². The molecule has 3 nitrogen and oxygen atoms in total. The zero-order valence-electron chi connectivity index (χ0n) is 10.6. The van der Waals surface area contributed by atoms with E-state index in [-0.39, 0.29) is 0 Å². The van der Waals surface area contributed by atoms with Crippen molar-refractivity contribution in [3.05, 3.63) is 22.7 Å². The van der Waals surface area contributed by atoms with Crippen LogP contribution in [0.25, 0.3) is 0 Å². The van der Waals surface area contributed by atoms with E-state index in [4.69, 9.17) is 22.1 Å². The van der Waals surface area contributed by atoms with E-state index in [0.717, 1.165) is 43.9 Å². The summed E-state index contributed by atoms with van der Waals surface area (Å²) in [4.78, 5) is 0. The molecular formula is C13H21ClN2O. The molecule has 0 saturated carbocycles. The standard InChI is InChI=1S/C13H21ClN2O/c1-3-6-17-7-4-5-16-13-9-11(14)12(15)8-10(13)2/h8-9,16H,3-7,15H2,1-2H3. The van der Waals surface area contributed by atoms with Crippen LogP contribution in [0.1, 0.15) is 25.3 Å². The number of nitrogen functional groups attached to an aromatic ring is 1. The van der Waals surface area contributed by atoms with Crippen LogP contribution in [0.2, 0.25) is 5.02 Å². The Hall–Kier alpha value is -0.930. The average molecular weight is 257 g/mol. The summed E-state index contributed by atoms with van der Waals surface area (Å²) in [5.41, 5.74) is 8.50. The maximum absolute atomic E-state index is 5.98. The molecule has 1 aromatic rings. The quantitative estimate of drug-likeness (QED) is 0.580. The van der Waals surface area contributed by atoms with Gasteiger partial charge in [0.1, 0.15) is 0 Å². The van der Waals surface area contributed by atoms with Crippen LogP contribution in [0.4, 0.5) is 11.4 Å². The van der Waals surface area contributed by atoms with Gasteiger partial charge in [-0.05, 0) is 37.5 Å². The highest BCUT2D eigenvalue weighted by atomic mass is 35.5. The molecule has 96 valence electrons. The van der Waals surface area contributed by atoms with Gasteiger partial charge in [0, 0.05) is 25.4 Å². The first-order valence-corrected chi connectivity index (χ1v) is 6.40. The summed E-state index contributed by atoms with van der Waals surface area (Å²) in [6.45, 7) is 6.64. The fourth-order valence-electron chi connectivity index (χ4n) is 1.54. The number of nitrogens with two attached hydrogens (primary N) is 1. The largest absolute Gasteiger partial charge is 0.398 e. The zero-order chi connectivity index (χ0) is 12.7. The van der Waals surface area contributed by atoms with E-state index in [1.165, 1.54) is 0 Å². The molecule has 0 fully saturated rings. The SMILES string of the molecule is CCCOCCCNc1cc(Cl)c(N)cc1C. The van der Waals surface area contributed by atoms with Crippen LogP contribution >= 0.6 is 11.6 Å². The fourth-order valence-corrected chi connectivity index (χ4v) is 1.70. The lowest BCUT2D eigenvalue weighted by molar-refractivity contribution is 0.134. The molecule has 0 amide bonds. The lowest BCUT2D eigenvalue weighted by atomic mass is 10.2. The zero-order valence-corrected chi connectivity index (χ0v) is 11.3. The van der Waals surface area contributed by atoms with Gasteiger partial charge in [0.05, 0.1) is 10.7 Å². The minimum absolute atomic E-state index is 0.598. The van der Waals surface area contributed by atoms with E-state index in [2.05, 4.69) is 12.2 Å². The van der Waals surface area contributed by atoms with E-state index >= 15 is 0 Å². The van der Waals surface area contributed by atoms with Gasteiger partial charge in [0.25, 0.3) is 0 Å². The predicted octanol–water partition coefficient (Wildman–Crippen LogP) is 3.46. The normalized spacial score (nSPS) is 10.5. The minimum Gasteiger partial charge on any atom is -0.398 e. The van der Waals surface area contributed by atoms with E-state index < -0.39 is 0 Å². The van der Waals surface area contributed by atoms with Gasteiger partial charge in [-0.25, -0.2) is 0 Å². The fraction of sp³-hybridized carbons (Fsp3) is 0.538. The Bertz CT molecular complexity index is 356. The minimum atomic E-state index is 0.598. The molecule has 0 aliphatic carbocycles. The highest BCUT2D eigenvalue weighted by molar-refractivity contribution is 6.33. The number of anilines is 2. The van der Waals surface area contributed by atoms with E-state index in [9.17, 15) is 0 Å². The van der Waals surface area contributed by atoms with Crippen LogP contribution in [0, 0.1) is 6.92 Å². The Balaban J connectivity index is 2.34. The highest BCUT2D eigenvalue weighted by Crippen LogP contribution is 2.26. The summed E-state index contributed by atoms with van der Waals surface area (Å²) < 4.78 is 5.41. The summed E-state index contributed by atoms with van der Waals surface area (Å²) in [6, 6.07) is 3.76. The molecular weight excluding hydrogens is 236 g/mol. The Morgan fingerprint density at radius 3 is 2.82 bits per heavy atom. The Labute approximate surface area is 108 Å². The maximum atomic E-state index is 5.98. The van der Waals surface area contributed by atoms with Crippen molar-refractivity contribution in [1.82, 2.24) is 0 Å². The number of nitrogens with one attached hydrogen (secondary N) is 1. The number of ether oxygens (including phenoxy) is 1. The van der Waals surface area contributed by atoms with Crippen molar-refractivity contribution >= 4 is 23.0 Å². The van der Waals surface area contributed by atoms with E-state index in [0.29, 0.717) is 10.7 Å². The molecule has 1 rings (SSSR count). The number of hydrogen-bond acceptors (Lipinski definition) is 3. The second-order valence-corrected chi connectivity index (χ2v) is 4.49. The van der Waals surface area contributed by atoms with E-state index in [1.807, 2.05) is 19.1 Å². The lowest BCUT2D eigenvalue weighted by Gasteiger charge is -2.11. The number of rotatable bonds is 7. The van der Waals surface area contributed by atoms with Gasteiger partial charge in [0.2, 0.25) is 0 Å². The summed E-state index contributed by atoms with van der Waals surface area (Å²) in [5, 5.41) is 3.94. The molecule has 0 atom stereocenters. The van der Waals surface area contributed by atoms with Crippen molar-refractivity contribution in [3.63, 3.8) is 0 Å². The molecule has 0 bridgehead atoms.